The molecule has 0 spiro atoms. The Morgan fingerprint density at radius 1 is 1.08 bits per heavy atom. The second-order valence-corrected chi connectivity index (χ2v) is 8.21. The highest BCUT2D eigenvalue weighted by molar-refractivity contribution is 5.72. The lowest BCUT2D eigenvalue weighted by atomic mass is 10.2. The third-order valence-electron chi connectivity index (χ3n) is 5.08. The lowest BCUT2D eigenvalue weighted by molar-refractivity contribution is -0.139. The highest BCUT2D eigenvalue weighted by Gasteiger charge is 2.20. The van der Waals surface area contributed by atoms with E-state index in [0.717, 1.165) is 34.9 Å². The van der Waals surface area contributed by atoms with E-state index in [1.54, 1.807) is 7.11 Å². The van der Waals surface area contributed by atoms with Gasteiger partial charge in [-0.05, 0) is 56.0 Å². The minimum absolute atomic E-state index is 0.00629. The minimum atomic E-state index is -1.16. The first-order valence-corrected chi connectivity index (χ1v) is 11.6. The summed E-state index contributed by atoms with van der Waals surface area (Å²) < 4.78 is 24.6. The molecular formula is C27H30FN3O7. The number of rotatable bonds is 10. The van der Waals surface area contributed by atoms with Crippen molar-refractivity contribution in [2.75, 3.05) is 31.0 Å². The van der Waals surface area contributed by atoms with Gasteiger partial charge in [-0.1, -0.05) is 17.7 Å². The average molecular weight is 528 g/mol. The van der Waals surface area contributed by atoms with E-state index >= 15 is 0 Å². The largest absolute Gasteiger partial charge is 0.482 e. The Bertz CT molecular complexity index is 1260. The van der Waals surface area contributed by atoms with Gasteiger partial charge in [0.05, 0.1) is 11.4 Å². The van der Waals surface area contributed by atoms with Gasteiger partial charge in [-0.3, -0.25) is 19.0 Å². The number of hydrogen-bond donors (Lipinski definition) is 3. The summed E-state index contributed by atoms with van der Waals surface area (Å²) in [5.41, 5.74) is 1.76. The number of anilines is 2. The molecule has 1 aliphatic carbocycles. The fraction of sp³-hybridized carbons (Fsp3) is 0.259. The van der Waals surface area contributed by atoms with Gasteiger partial charge in [-0.25, -0.2) is 9.18 Å². The van der Waals surface area contributed by atoms with Crippen molar-refractivity contribution >= 4 is 30.2 Å². The number of aliphatic carboxylic acids is 1. The molecule has 1 aromatic heterocycles. The Morgan fingerprint density at radius 2 is 1.76 bits per heavy atom. The van der Waals surface area contributed by atoms with Gasteiger partial charge in [0.15, 0.2) is 6.61 Å². The number of amides is 2. The summed E-state index contributed by atoms with van der Waals surface area (Å²) in [4.78, 5) is 42.6. The number of carboxylic acids is 1. The topological polar surface area (TPSA) is 136 Å². The molecule has 0 aliphatic heterocycles. The summed E-state index contributed by atoms with van der Waals surface area (Å²) in [5, 5.41) is 13.2. The van der Waals surface area contributed by atoms with E-state index in [-0.39, 0.29) is 17.1 Å². The third-order valence-corrected chi connectivity index (χ3v) is 5.08. The van der Waals surface area contributed by atoms with Gasteiger partial charge >= 0.3 is 5.97 Å². The van der Waals surface area contributed by atoms with E-state index in [0.29, 0.717) is 12.8 Å². The zero-order valence-electron chi connectivity index (χ0n) is 21.1. The molecule has 38 heavy (non-hydrogen) atoms. The molecule has 202 valence electrons. The van der Waals surface area contributed by atoms with E-state index in [2.05, 4.69) is 10.6 Å². The lowest BCUT2D eigenvalue weighted by Gasteiger charge is -2.09. The molecular weight excluding hydrogens is 497 g/mol. The fourth-order valence-electron chi connectivity index (χ4n) is 2.98. The molecule has 3 N–H and O–H groups in total. The minimum Gasteiger partial charge on any atom is -0.482 e. The standard InChI is InChI=1S/C14H11FN2O5.C8H9NO.C5H10O/c15-11-5-9(1-2-12(11)16-8-18)17-4-3-10(6-13(17)19)22-7-14(20)21;1-7-2-4-8(5-3-7)9-6-10;1-6-4-5-2-3-5/h1-6,8H,7H2,(H,16,18)(H,20,21);2-6H,1H3,(H,9,10);5H,2-4H2,1H3. The van der Waals surface area contributed by atoms with E-state index in [1.165, 1.54) is 42.8 Å². The first kappa shape index (κ1) is 29.7. The number of hydrogen-bond acceptors (Lipinski definition) is 6. The van der Waals surface area contributed by atoms with E-state index < -0.39 is 24.0 Å². The number of aryl methyl sites for hydroxylation is 1. The summed E-state index contributed by atoms with van der Waals surface area (Å²) in [5.74, 6) is -0.828. The number of ether oxygens (including phenoxy) is 2. The van der Waals surface area contributed by atoms with Crippen LogP contribution in [0.3, 0.4) is 0 Å². The Hall–Kier alpha value is -4.51. The number of carbonyl (C=O) groups excluding carboxylic acids is 2. The Labute approximate surface area is 219 Å². The molecule has 1 saturated carbocycles. The SMILES string of the molecule is COCC1CC1.Cc1ccc(NC=O)cc1.O=CNc1ccc(-n2ccc(OCC(=O)O)cc2=O)cc1F. The number of carboxylic acid groups (broad SMARTS) is 1. The first-order valence-electron chi connectivity index (χ1n) is 11.6. The summed E-state index contributed by atoms with van der Waals surface area (Å²) in [6.07, 6.45) is 5.15. The molecule has 0 radical (unpaired) electrons. The zero-order valence-corrected chi connectivity index (χ0v) is 21.1. The zero-order chi connectivity index (χ0) is 27.9. The smallest absolute Gasteiger partial charge is 0.341 e. The second kappa shape index (κ2) is 15.6. The normalized spacial score (nSPS) is 11.6. The van der Waals surface area contributed by atoms with Crippen molar-refractivity contribution in [1.29, 1.82) is 0 Å². The van der Waals surface area contributed by atoms with Crippen LogP contribution >= 0.6 is 0 Å². The third kappa shape index (κ3) is 10.6. The first-order chi connectivity index (χ1) is 18.3. The van der Waals surface area contributed by atoms with Gasteiger partial charge in [0.25, 0.3) is 5.56 Å². The van der Waals surface area contributed by atoms with Crippen molar-refractivity contribution in [2.24, 2.45) is 5.92 Å². The van der Waals surface area contributed by atoms with E-state index in [4.69, 9.17) is 14.6 Å². The highest BCUT2D eigenvalue weighted by Crippen LogP contribution is 2.28. The van der Waals surface area contributed by atoms with Crippen molar-refractivity contribution in [2.45, 2.75) is 19.8 Å². The highest BCUT2D eigenvalue weighted by atomic mass is 19.1. The molecule has 11 heteroatoms. The number of nitrogens with zero attached hydrogens (tertiary/aromatic N) is 1. The van der Waals surface area contributed by atoms with Crippen molar-refractivity contribution < 1.29 is 33.4 Å². The van der Waals surface area contributed by atoms with Crippen LogP contribution in [0.2, 0.25) is 0 Å². The predicted octanol–water partition coefficient (Wildman–Crippen LogP) is 3.61. The molecule has 10 nitrogen and oxygen atoms in total. The average Bonchev–Trinajstić information content (AvgIpc) is 3.71. The van der Waals surface area contributed by atoms with Gasteiger partial charge < -0.3 is 25.2 Å². The molecule has 4 rings (SSSR count). The number of nitrogens with one attached hydrogen (secondary N) is 2. The van der Waals surface area contributed by atoms with Gasteiger partial charge in [0.1, 0.15) is 11.6 Å². The van der Waals surface area contributed by atoms with Crippen LogP contribution in [0.25, 0.3) is 5.69 Å². The second-order valence-electron chi connectivity index (χ2n) is 8.21. The van der Waals surface area contributed by atoms with Crippen molar-refractivity contribution in [3.63, 3.8) is 0 Å². The van der Waals surface area contributed by atoms with Crippen molar-refractivity contribution in [1.82, 2.24) is 4.57 Å². The molecule has 2 aromatic carbocycles. The van der Waals surface area contributed by atoms with Gasteiger partial charge in [0.2, 0.25) is 12.8 Å². The summed E-state index contributed by atoms with van der Waals surface area (Å²) in [7, 11) is 1.76. The number of benzene rings is 2. The molecule has 0 saturated heterocycles. The molecule has 2 amide bonds. The van der Waals surface area contributed by atoms with Gasteiger partial charge in [0, 0.05) is 37.7 Å². The molecule has 1 aliphatic rings. The Kier molecular flexibility index (Phi) is 12.2. The quantitative estimate of drug-likeness (QED) is 0.343. The molecule has 0 bridgehead atoms. The van der Waals surface area contributed by atoms with Crippen molar-refractivity contribution in [3.05, 3.63) is 82.5 Å². The van der Waals surface area contributed by atoms with Crippen LogP contribution in [0.4, 0.5) is 15.8 Å². The molecule has 0 atom stereocenters. The monoisotopic (exact) mass is 527 g/mol. The Morgan fingerprint density at radius 3 is 2.26 bits per heavy atom. The van der Waals surface area contributed by atoms with Crippen LogP contribution in [-0.2, 0) is 19.1 Å². The van der Waals surface area contributed by atoms with Crippen LogP contribution < -0.4 is 20.9 Å². The van der Waals surface area contributed by atoms with E-state index in [9.17, 15) is 23.6 Å². The van der Waals surface area contributed by atoms with Crippen molar-refractivity contribution in [3.8, 4) is 11.4 Å². The summed E-state index contributed by atoms with van der Waals surface area (Å²) in [6, 6.07) is 14.0. The van der Waals surface area contributed by atoms with E-state index in [1.807, 2.05) is 31.2 Å². The molecule has 3 aromatic rings. The number of methoxy groups -OCH3 is 1. The number of aromatic nitrogens is 1. The van der Waals surface area contributed by atoms with Crippen LogP contribution in [0.1, 0.15) is 18.4 Å². The summed E-state index contributed by atoms with van der Waals surface area (Å²) >= 11 is 0. The molecule has 0 unspecified atom stereocenters. The van der Waals surface area contributed by atoms with Crippen LogP contribution in [0.15, 0.2) is 65.6 Å². The maximum absolute atomic E-state index is 13.7. The van der Waals surface area contributed by atoms with Gasteiger partial charge in [-0.15, -0.1) is 0 Å². The number of pyridine rings is 1. The molecule has 1 fully saturated rings. The van der Waals surface area contributed by atoms with Crippen LogP contribution in [0, 0.1) is 18.7 Å². The maximum Gasteiger partial charge on any atom is 0.341 e. The summed E-state index contributed by atoms with van der Waals surface area (Å²) in [6.45, 7) is 2.43. The van der Waals surface area contributed by atoms with Crippen LogP contribution in [0.5, 0.6) is 5.75 Å². The Balaban J connectivity index is 0.000000258. The lowest BCUT2D eigenvalue weighted by Crippen LogP contribution is -2.18. The predicted molar refractivity (Wildman–Crippen MR) is 140 cm³/mol. The number of halogens is 1. The van der Waals surface area contributed by atoms with Crippen LogP contribution in [-0.4, -0.2) is 48.8 Å². The molecule has 1 heterocycles. The fourth-order valence-corrected chi connectivity index (χ4v) is 2.98. The maximum atomic E-state index is 13.7. The number of carbonyl (C=O) groups is 3. The van der Waals surface area contributed by atoms with Gasteiger partial charge in [-0.2, -0.15) is 0 Å².